The van der Waals surface area contributed by atoms with Gasteiger partial charge in [0.25, 0.3) is 0 Å². The maximum atomic E-state index is 11.5. The molecule has 3 rings (SSSR count). The van der Waals surface area contributed by atoms with E-state index in [4.69, 9.17) is 5.73 Å². The fourth-order valence-electron chi connectivity index (χ4n) is 2.87. The molecule has 0 spiro atoms. The number of likely N-dealkylation sites (tertiary alicyclic amines) is 1. The van der Waals surface area contributed by atoms with Crippen LogP contribution < -0.4 is 5.73 Å². The molecule has 2 aromatic carbocycles. The van der Waals surface area contributed by atoms with Crippen LogP contribution >= 0.6 is 0 Å². The number of amides is 1. The Morgan fingerprint density at radius 2 is 1.50 bits per heavy atom. The van der Waals surface area contributed by atoms with Crippen molar-refractivity contribution in [1.29, 1.82) is 0 Å². The van der Waals surface area contributed by atoms with Gasteiger partial charge < -0.3 is 5.73 Å². The van der Waals surface area contributed by atoms with E-state index < -0.39 is 0 Å². The Balaban J connectivity index is 1.99. The van der Waals surface area contributed by atoms with Crippen LogP contribution in [0.25, 0.3) is 0 Å². The maximum Gasteiger partial charge on any atom is 0.234 e. The van der Waals surface area contributed by atoms with Crippen LogP contribution in [0.15, 0.2) is 60.7 Å². The molecule has 1 atom stereocenters. The second-order valence-electron chi connectivity index (χ2n) is 5.17. The maximum absolute atomic E-state index is 11.5. The Bertz CT molecular complexity index is 543. The number of hydrogen-bond acceptors (Lipinski definition) is 2. The van der Waals surface area contributed by atoms with Gasteiger partial charge in [-0.05, 0) is 17.5 Å². The van der Waals surface area contributed by atoms with Gasteiger partial charge in [0, 0.05) is 6.54 Å². The smallest absolute Gasteiger partial charge is 0.234 e. The Labute approximate surface area is 119 Å². The van der Waals surface area contributed by atoms with E-state index in [9.17, 15) is 4.79 Å². The van der Waals surface area contributed by atoms with E-state index in [1.807, 2.05) is 36.4 Å². The molecular formula is C17H18N2O. The molecule has 3 nitrogen and oxygen atoms in total. The molecule has 1 unspecified atom stereocenters. The summed E-state index contributed by atoms with van der Waals surface area (Å²) < 4.78 is 0. The lowest BCUT2D eigenvalue weighted by Gasteiger charge is -2.44. The fourth-order valence-corrected chi connectivity index (χ4v) is 2.87. The Hall–Kier alpha value is -2.13. The number of hydrogen-bond donors (Lipinski definition) is 1. The van der Waals surface area contributed by atoms with E-state index in [1.54, 1.807) is 0 Å². The van der Waals surface area contributed by atoms with E-state index in [1.165, 1.54) is 11.1 Å². The van der Waals surface area contributed by atoms with E-state index in [2.05, 4.69) is 29.2 Å². The molecule has 1 saturated heterocycles. The third-order valence-corrected chi connectivity index (χ3v) is 3.95. The third kappa shape index (κ3) is 2.32. The Kier molecular flexibility index (Phi) is 3.52. The zero-order valence-corrected chi connectivity index (χ0v) is 11.3. The van der Waals surface area contributed by atoms with Gasteiger partial charge in [-0.15, -0.1) is 0 Å². The van der Waals surface area contributed by atoms with Crippen molar-refractivity contribution in [3.8, 4) is 0 Å². The molecule has 0 aromatic heterocycles. The van der Waals surface area contributed by atoms with Crippen LogP contribution in [0.5, 0.6) is 0 Å². The van der Waals surface area contributed by atoms with Crippen LogP contribution in [0.2, 0.25) is 0 Å². The first-order chi connectivity index (χ1) is 9.77. The van der Waals surface area contributed by atoms with Crippen molar-refractivity contribution < 1.29 is 4.79 Å². The lowest BCUT2D eigenvalue weighted by atomic mass is 9.90. The predicted octanol–water partition coefficient (Wildman–Crippen LogP) is 2.34. The summed E-state index contributed by atoms with van der Waals surface area (Å²) in [4.78, 5) is 13.7. The minimum absolute atomic E-state index is 0.101. The van der Waals surface area contributed by atoms with Crippen molar-refractivity contribution >= 4 is 5.91 Å². The van der Waals surface area contributed by atoms with Gasteiger partial charge in [-0.25, -0.2) is 0 Å². The lowest BCUT2D eigenvalue weighted by Crippen LogP contribution is -2.56. The fraction of sp³-hybridized carbons (Fsp3) is 0.235. The molecule has 2 N–H and O–H groups in total. The summed E-state index contributed by atoms with van der Waals surface area (Å²) in [6, 6.07) is 20.5. The Morgan fingerprint density at radius 3 is 1.85 bits per heavy atom. The van der Waals surface area contributed by atoms with Crippen molar-refractivity contribution in [2.75, 3.05) is 6.54 Å². The van der Waals surface area contributed by atoms with E-state index in [0.29, 0.717) is 0 Å². The summed E-state index contributed by atoms with van der Waals surface area (Å²) in [7, 11) is 0. The lowest BCUT2D eigenvalue weighted by molar-refractivity contribution is -0.128. The van der Waals surface area contributed by atoms with Crippen LogP contribution in [-0.2, 0) is 4.79 Å². The van der Waals surface area contributed by atoms with Crippen molar-refractivity contribution in [2.45, 2.75) is 18.5 Å². The first kappa shape index (κ1) is 12.9. The molecule has 1 fully saturated rings. The van der Waals surface area contributed by atoms with Gasteiger partial charge in [-0.3, -0.25) is 9.69 Å². The molecule has 1 heterocycles. The van der Waals surface area contributed by atoms with Crippen LogP contribution in [-0.4, -0.2) is 23.4 Å². The highest BCUT2D eigenvalue weighted by molar-refractivity contribution is 5.81. The normalized spacial score (nSPS) is 18.8. The van der Waals surface area contributed by atoms with Gasteiger partial charge in [0.05, 0.1) is 12.1 Å². The molecule has 1 amide bonds. The molecule has 2 aromatic rings. The van der Waals surface area contributed by atoms with Crippen molar-refractivity contribution in [3.05, 3.63) is 71.8 Å². The number of nitrogens with two attached hydrogens (primary N) is 1. The first-order valence-electron chi connectivity index (χ1n) is 6.92. The van der Waals surface area contributed by atoms with Crippen LogP contribution in [0, 0.1) is 0 Å². The molecule has 3 heteroatoms. The van der Waals surface area contributed by atoms with Crippen LogP contribution in [0.3, 0.4) is 0 Å². The highest BCUT2D eigenvalue weighted by atomic mass is 16.1. The van der Waals surface area contributed by atoms with Gasteiger partial charge in [-0.2, -0.15) is 0 Å². The molecule has 102 valence electrons. The summed E-state index contributed by atoms with van der Waals surface area (Å²) in [6.07, 6.45) is 0.853. The average molecular weight is 266 g/mol. The van der Waals surface area contributed by atoms with Gasteiger partial charge in [0.2, 0.25) is 5.91 Å². The summed E-state index contributed by atoms with van der Waals surface area (Å²) in [5.74, 6) is -0.229. The average Bonchev–Trinajstić information content (AvgIpc) is 2.44. The molecule has 0 bridgehead atoms. The zero-order chi connectivity index (χ0) is 13.9. The molecular weight excluding hydrogens is 248 g/mol. The van der Waals surface area contributed by atoms with Gasteiger partial charge in [0.15, 0.2) is 0 Å². The topological polar surface area (TPSA) is 46.3 Å². The van der Waals surface area contributed by atoms with Crippen molar-refractivity contribution in [2.24, 2.45) is 5.73 Å². The summed E-state index contributed by atoms with van der Waals surface area (Å²) >= 11 is 0. The number of nitrogens with zero attached hydrogens (tertiary/aromatic N) is 1. The minimum Gasteiger partial charge on any atom is -0.368 e. The molecule has 1 aliphatic rings. The molecule has 1 aliphatic heterocycles. The van der Waals surface area contributed by atoms with E-state index in [-0.39, 0.29) is 18.0 Å². The Morgan fingerprint density at radius 1 is 1.00 bits per heavy atom. The molecule has 0 aliphatic carbocycles. The minimum atomic E-state index is -0.229. The SMILES string of the molecule is NC(=O)C1CCN1C(c1ccccc1)c1ccccc1. The van der Waals surface area contributed by atoms with Gasteiger partial charge in [0.1, 0.15) is 0 Å². The monoisotopic (exact) mass is 266 g/mol. The standard InChI is InChI=1S/C17H18N2O/c18-17(20)15-11-12-19(15)16(13-7-3-1-4-8-13)14-9-5-2-6-10-14/h1-10,15-16H,11-12H2,(H2,18,20). The predicted molar refractivity (Wildman–Crippen MR) is 79.0 cm³/mol. The highest BCUT2D eigenvalue weighted by Crippen LogP contribution is 2.35. The number of primary amides is 1. The first-order valence-corrected chi connectivity index (χ1v) is 6.92. The molecule has 0 radical (unpaired) electrons. The zero-order valence-electron chi connectivity index (χ0n) is 11.3. The van der Waals surface area contributed by atoms with Crippen LogP contribution in [0.4, 0.5) is 0 Å². The number of benzene rings is 2. The van der Waals surface area contributed by atoms with Crippen molar-refractivity contribution in [1.82, 2.24) is 4.90 Å². The van der Waals surface area contributed by atoms with Gasteiger partial charge in [-0.1, -0.05) is 60.7 Å². The second kappa shape index (κ2) is 5.47. The highest BCUT2D eigenvalue weighted by Gasteiger charge is 2.38. The van der Waals surface area contributed by atoms with Crippen LogP contribution in [0.1, 0.15) is 23.6 Å². The summed E-state index contributed by atoms with van der Waals surface area (Å²) in [5, 5.41) is 0. The summed E-state index contributed by atoms with van der Waals surface area (Å²) in [5.41, 5.74) is 7.90. The number of carbonyl (C=O) groups excluding carboxylic acids is 1. The number of rotatable bonds is 4. The summed E-state index contributed by atoms with van der Waals surface area (Å²) in [6.45, 7) is 0.905. The quantitative estimate of drug-likeness (QED) is 0.923. The third-order valence-electron chi connectivity index (χ3n) is 3.95. The second-order valence-corrected chi connectivity index (χ2v) is 5.17. The van der Waals surface area contributed by atoms with Crippen molar-refractivity contribution in [3.63, 3.8) is 0 Å². The van der Waals surface area contributed by atoms with E-state index >= 15 is 0 Å². The van der Waals surface area contributed by atoms with Gasteiger partial charge >= 0.3 is 0 Å². The largest absolute Gasteiger partial charge is 0.368 e. The number of carbonyl (C=O) groups is 1. The molecule has 20 heavy (non-hydrogen) atoms. The molecule has 0 saturated carbocycles. The van der Waals surface area contributed by atoms with E-state index in [0.717, 1.165) is 13.0 Å².